The number of nitrogens with two attached hydrogens (primary N) is 1. The van der Waals surface area contributed by atoms with Crippen molar-refractivity contribution in [1.82, 2.24) is 10.3 Å². The second-order valence-corrected chi connectivity index (χ2v) is 4.06. The van der Waals surface area contributed by atoms with Gasteiger partial charge in [-0.25, -0.2) is 4.98 Å². The molecule has 0 saturated heterocycles. The predicted molar refractivity (Wildman–Crippen MR) is 55.3 cm³/mol. The molecule has 0 saturated carbocycles. The molecule has 0 aliphatic rings. The number of carbonyl (C=O) groups excluding carboxylic acids is 1. The van der Waals surface area contributed by atoms with Gasteiger partial charge < -0.3 is 16.2 Å². The van der Waals surface area contributed by atoms with Crippen LogP contribution in [0.5, 0.6) is 0 Å². The summed E-state index contributed by atoms with van der Waals surface area (Å²) in [5, 5.41) is 11.9. The van der Waals surface area contributed by atoms with Crippen molar-refractivity contribution in [2.45, 2.75) is 20.0 Å². The summed E-state index contributed by atoms with van der Waals surface area (Å²) in [6, 6.07) is 0. The molecule has 4 N–H and O–H groups in total. The van der Waals surface area contributed by atoms with Gasteiger partial charge in [-0.05, 0) is 13.8 Å². The normalized spacial score (nSPS) is 12.5. The number of thiazole rings is 1. The van der Waals surface area contributed by atoms with Crippen molar-refractivity contribution in [1.29, 1.82) is 0 Å². The Bertz CT molecular complexity index is 335. The van der Waals surface area contributed by atoms with E-state index < -0.39 is 6.10 Å². The molecule has 0 aliphatic heterocycles. The predicted octanol–water partition coefficient (Wildman–Crippen LogP) is 0.144. The molecule has 0 unspecified atom stereocenters. The van der Waals surface area contributed by atoms with E-state index >= 15 is 0 Å². The van der Waals surface area contributed by atoms with E-state index in [0.717, 1.165) is 11.3 Å². The molecular formula is C8H13N3O2S. The highest BCUT2D eigenvalue weighted by Gasteiger charge is 2.13. The number of hydrogen-bond donors (Lipinski definition) is 3. The Labute approximate surface area is 86.0 Å². The van der Waals surface area contributed by atoms with Crippen molar-refractivity contribution >= 4 is 22.4 Å². The fraction of sp³-hybridized carbons (Fsp3) is 0.500. The Balaban J connectivity index is 2.65. The van der Waals surface area contributed by atoms with Gasteiger partial charge >= 0.3 is 0 Å². The van der Waals surface area contributed by atoms with Crippen LogP contribution in [0.2, 0.25) is 0 Å². The monoisotopic (exact) mass is 215 g/mol. The van der Waals surface area contributed by atoms with Gasteiger partial charge in [-0.3, -0.25) is 4.79 Å². The van der Waals surface area contributed by atoms with E-state index in [0.29, 0.717) is 15.7 Å². The second-order valence-electron chi connectivity index (χ2n) is 3.03. The summed E-state index contributed by atoms with van der Waals surface area (Å²) in [5.74, 6) is -0.238. The van der Waals surface area contributed by atoms with Gasteiger partial charge in [0.15, 0.2) is 5.13 Å². The molecule has 14 heavy (non-hydrogen) atoms. The number of anilines is 1. The Kier molecular flexibility index (Phi) is 3.43. The first-order chi connectivity index (χ1) is 6.50. The number of rotatable bonds is 3. The summed E-state index contributed by atoms with van der Waals surface area (Å²) in [4.78, 5) is 15.9. The Morgan fingerprint density at radius 1 is 1.79 bits per heavy atom. The van der Waals surface area contributed by atoms with E-state index in [-0.39, 0.29) is 12.5 Å². The van der Waals surface area contributed by atoms with Crippen molar-refractivity contribution in [3.05, 3.63) is 10.6 Å². The maximum atomic E-state index is 11.5. The van der Waals surface area contributed by atoms with E-state index in [9.17, 15) is 4.79 Å². The van der Waals surface area contributed by atoms with Gasteiger partial charge in [0.2, 0.25) is 0 Å². The number of aryl methyl sites for hydroxylation is 1. The van der Waals surface area contributed by atoms with Gasteiger partial charge in [-0.2, -0.15) is 0 Å². The lowest BCUT2D eigenvalue weighted by Gasteiger charge is -2.05. The van der Waals surface area contributed by atoms with Crippen LogP contribution in [0.4, 0.5) is 5.13 Å². The maximum Gasteiger partial charge on any atom is 0.263 e. The van der Waals surface area contributed by atoms with E-state index in [1.165, 1.54) is 0 Å². The number of aromatic nitrogens is 1. The first-order valence-electron chi connectivity index (χ1n) is 4.20. The van der Waals surface area contributed by atoms with Gasteiger partial charge in [-0.15, -0.1) is 0 Å². The zero-order valence-electron chi connectivity index (χ0n) is 8.07. The standard InChI is InChI=1S/C8H13N3O2S/c1-4(12)3-10-7(13)6-5(2)11-8(9)14-6/h4,12H,3H2,1-2H3,(H2,9,11)(H,10,13)/t4-/m0/s1. The van der Waals surface area contributed by atoms with Crippen LogP contribution in [0, 0.1) is 6.92 Å². The zero-order chi connectivity index (χ0) is 10.7. The van der Waals surface area contributed by atoms with Crippen molar-refractivity contribution < 1.29 is 9.90 Å². The van der Waals surface area contributed by atoms with Gasteiger partial charge in [0.25, 0.3) is 5.91 Å². The highest BCUT2D eigenvalue weighted by molar-refractivity contribution is 7.17. The van der Waals surface area contributed by atoms with Crippen LogP contribution >= 0.6 is 11.3 Å². The minimum atomic E-state index is -0.551. The zero-order valence-corrected chi connectivity index (χ0v) is 8.89. The summed E-state index contributed by atoms with van der Waals surface area (Å²) in [6.45, 7) is 3.56. The van der Waals surface area contributed by atoms with Crippen LogP contribution in [-0.2, 0) is 0 Å². The number of aliphatic hydroxyl groups excluding tert-OH is 1. The SMILES string of the molecule is Cc1nc(N)sc1C(=O)NC[C@H](C)O. The molecule has 78 valence electrons. The highest BCUT2D eigenvalue weighted by atomic mass is 32.1. The Morgan fingerprint density at radius 3 is 2.86 bits per heavy atom. The van der Waals surface area contributed by atoms with Crippen LogP contribution in [0.15, 0.2) is 0 Å². The van der Waals surface area contributed by atoms with Gasteiger partial charge in [0.05, 0.1) is 11.8 Å². The Hall–Kier alpha value is -1.14. The third-order valence-electron chi connectivity index (χ3n) is 1.58. The highest BCUT2D eigenvalue weighted by Crippen LogP contribution is 2.19. The first-order valence-corrected chi connectivity index (χ1v) is 5.01. The van der Waals surface area contributed by atoms with Crippen molar-refractivity contribution in [2.24, 2.45) is 0 Å². The Morgan fingerprint density at radius 2 is 2.43 bits per heavy atom. The topological polar surface area (TPSA) is 88.2 Å². The van der Waals surface area contributed by atoms with Gasteiger partial charge in [0, 0.05) is 6.54 Å². The quantitative estimate of drug-likeness (QED) is 0.669. The molecule has 1 rings (SSSR count). The number of nitrogen functional groups attached to an aromatic ring is 1. The lowest BCUT2D eigenvalue weighted by molar-refractivity contribution is 0.0927. The summed E-state index contributed by atoms with van der Waals surface area (Å²) in [6.07, 6.45) is -0.551. The van der Waals surface area contributed by atoms with Crippen molar-refractivity contribution in [3.8, 4) is 0 Å². The number of nitrogens with zero attached hydrogens (tertiary/aromatic N) is 1. The van der Waals surface area contributed by atoms with Crippen LogP contribution in [-0.4, -0.2) is 28.6 Å². The summed E-state index contributed by atoms with van der Waals surface area (Å²) in [5.41, 5.74) is 6.07. The first kappa shape index (κ1) is 10.9. The molecule has 0 aliphatic carbocycles. The summed E-state index contributed by atoms with van der Waals surface area (Å²) >= 11 is 1.15. The van der Waals surface area contributed by atoms with E-state index in [1.54, 1.807) is 13.8 Å². The molecule has 0 aromatic carbocycles. The number of carbonyl (C=O) groups is 1. The molecule has 1 aromatic rings. The molecule has 0 fully saturated rings. The van der Waals surface area contributed by atoms with Crippen molar-refractivity contribution in [2.75, 3.05) is 12.3 Å². The summed E-state index contributed by atoms with van der Waals surface area (Å²) < 4.78 is 0. The van der Waals surface area contributed by atoms with Crippen LogP contribution in [0.1, 0.15) is 22.3 Å². The fourth-order valence-electron chi connectivity index (χ4n) is 0.949. The molecule has 0 bridgehead atoms. The molecule has 1 atom stereocenters. The molecule has 1 heterocycles. The summed E-state index contributed by atoms with van der Waals surface area (Å²) in [7, 11) is 0. The van der Waals surface area contributed by atoms with E-state index in [4.69, 9.17) is 10.8 Å². The number of aliphatic hydroxyl groups is 1. The largest absolute Gasteiger partial charge is 0.392 e. The van der Waals surface area contributed by atoms with E-state index in [1.807, 2.05) is 0 Å². The average Bonchev–Trinajstić information content (AvgIpc) is 2.41. The maximum absolute atomic E-state index is 11.5. The van der Waals surface area contributed by atoms with E-state index in [2.05, 4.69) is 10.3 Å². The molecular weight excluding hydrogens is 202 g/mol. The van der Waals surface area contributed by atoms with Crippen LogP contribution in [0.3, 0.4) is 0 Å². The number of nitrogens with one attached hydrogen (secondary N) is 1. The number of hydrogen-bond acceptors (Lipinski definition) is 5. The van der Waals surface area contributed by atoms with Crippen LogP contribution < -0.4 is 11.1 Å². The van der Waals surface area contributed by atoms with Gasteiger partial charge in [0.1, 0.15) is 4.88 Å². The third kappa shape index (κ3) is 2.68. The lowest BCUT2D eigenvalue weighted by Crippen LogP contribution is -2.30. The minimum Gasteiger partial charge on any atom is -0.392 e. The smallest absolute Gasteiger partial charge is 0.263 e. The van der Waals surface area contributed by atoms with Crippen LogP contribution in [0.25, 0.3) is 0 Å². The fourth-order valence-corrected chi connectivity index (χ4v) is 1.70. The minimum absolute atomic E-state index is 0.232. The molecule has 5 nitrogen and oxygen atoms in total. The molecule has 0 radical (unpaired) electrons. The third-order valence-corrected chi connectivity index (χ3v) is 2.56. The molecule has 6 heteroatoms. The van der Waals surface area contributed by atoms with Crippen molar-refractivity contribution in [3.63, 3.8) is 0 Å². The average molecular weight is 215 g/mol. The number of amides is 1. The lowest BCUT2D eigenvalue weighted by atomic mass is 10.3. The molecule has 1 amide bonds. The molecule has 1 aromatic heterocycles. The van der Waals surface area contributed by atoms with Gasteiger partial charge in [-0.1, -0.05) is 11.3 Å². The second kappa shape index (κ2) is 4.39. The molecule has 0 spiro atoms.